The molecule has 0 radical (unpaired) electrons. The molecule has 0 saturated heterocycles. The Hall–Kier alpha value is -3.12. The Morgan fingerprint density at radius 3 is 2.41 bits per heavy atom. The van der Waals surface area contributed by atoms with Crippen molar-refractivity contribution in [1.29, 1.82) is 0 Å². The van der Waals surface area contributed by atoms with Crippen LogP contribution in [0.15, 0.2) is 60.0 Å². The number of carbonyl (C=O) groups is 2. The van der Waals surface area contributed by atoms with E-state index in [1.54, 1.807) is 6.92 Å². The molecule has 5 nitrogen and oxygen atoms in total. The minimum atomic E-state index is -0.434. The first-order valence-corrected chi connectivity index (χ1v) is 11.7. The summed E-state index contributed by atoms with van der Waals surface area (Å²) >= 11 is 1.33. The number of hydrogen-bond donors (Lipinski definition) is 1. The topological polar surface area (TPSA) is 64.6 Å². The number of anilines is 1. The summed E-state index contributed by atoms with van der Waals surface area (Å²) in [5.74, 6) is 0.684. The molecule has 32 heavy (non-hydrogen) atoms. The van der Waals surface area contributed by atoms with Crippen LogP contribution in [-0.4, -0.2) is 25.1 Å². The van der Waals surface area contributed by atoms with Crippen molar-refractivity contribution in [1.82, 2.24) is 0 Å². The summed E-state index contributed by atoms with van der Waals surface area (Å²) in [6.45, 7) is 6.78. The number of esters is 1. The number of amides is 1. The highest BCUT2D eigenvalue weighted by molar-refractivity contribution is 7.15. The molecule has 0 spiro atoms. The van der Waals surface area contributed by atoms with E-state index in [2.05, 4.69) is 31.3 Å². The Labute approximate surface area is 193 Å². The summed E-state index contributed by atoms with van der Waals surface area (Å²) in [5.41, 5.74) is 3.33. The van der Waals surface area contributed by atoms with Crippen LogP contribution < -0.4 is 10.1 Å². The lowest BCUT2D eigenvalue weighted by atomic mass is 10.0. The van der Waals surface area contributed by atoms with E-state index in [1.165, 1.54) is 16.9 Å². The van der Waals surface area contributed by atoms with Gasteiger partial charge in [0.15, 0.2) is 0 Å². The maximum atomic E-state index is 12.6. The SMILES string of the molecule is CCOC(=O)c1c(-c2ccccc2)csc1NC(=O)CCCOc1ccc(C(C)C)cc1. The van der Waals surface area contributed by atoms with Gasteiger partial charge >= 0.3 is 5.97 Å². The van der Waals surface area contributed by atoms with Gasteiger partial charge in [0.1, 0.15) is 16.3 Å². The highest BCUT2D eigenvalue weighted by Crippen LogP contribution is 2.36. The van der Waals surface area contributed by atoms with Crippen molar-refractivity contribution in [2.75, 3.05) is 18.5 Å². The Balaban J connectivity index is 1.58. The van der Waals surface area contributed by atoms with Gasteiger partial charge in [-0.2, -0.15) is 0 Å². The van der Waals surface area contributed by atoms with Crippen LogP contribution in [0.3, 0.4) is 0 Å². The van der Waals surface area contributed by atoms with E-state index in [9.17, 15) is 9.59 Å². The molecule has 0 atom stereocenters. The van der Waals surface area contributed by atoms with E-state index in [-0.39, 0.29) is 12.5 Å². The molecule has 0 aliphatic rings. The van der Waals surface area contributed by atoms with Crippen molar-refractivity contribution in [3.8, 4) is 16.9 Å². The van der Waals surface area contributed by atoms with E-state index in [1.807, 2.05) is 47.8 Å². The van der Waals surface area contributed by atoms with Gasteiger partial charge in [0.05, 0.1) is 13.2 Å². The molecule has 2 aromatic carbocycles. The molecule has 1 aromatic heterocycles. The summed E-state index contributed by atoms with van der Waals surface area (Å²) in [6, 6.07) is 17.6. The van der Waals surface area contributed by atoms with Crippen molar-refractivity contribution in [2.45, 2.75) is 39.5 Å². The fourth-order valence-corrected chi connectivity index (χ4v) is 4.22. The number of rotatable bonds is 10. The van der Waals surface area contributed by atoms with Crippen molar-refractivity contribution in [3.63, 3.8) is 0 Å². The summed E-state index contributed by atoms with van der Waals surface area (Å²) in [5, 5.41) is 5.27. The van der Waals surface area contributed by atoms with E-state index < -0.39 is 5.97 Å². The molecule has 3 aromatic rings. The molecule has 0 fully saturated rings. The van der Waals surface area contributed by atoms with Crippen LogP contribution in [0.2, 0.25) is 0 Å². The van der Waals surface area contributed by atoms with E-state index in [4.69, 9.17) is 9.47 Å². The number of carbonyl (C=O) groups excluding carboxylic acids is 2. The second-order valence-corrected chi connectivity index (χ2v) is 8.54. The molecule has 0 saturated carbocycles. The smallest absolute Gasteiger partial charge is 0.341 e. The quantitative estimate of drug-likeness (QED) is 0.282. The molecule has 0 aliphatic carbocycles. The minimum absolute atomic E-state index is 0.157. The van der Waals surface area contributed by atoms with E-state index >= 15 is 0 Å². The first kappa shape index (κ1) is 23.5. The van der Waals surface area contributed by atoms with Gasteiger partial charge < -0.3 is 14.8 Å². The van der Waals surface area contributed by atoms with Gasteiger partial charge in [0.25, 0.3) is 0 Å². The van der Waals surface area contributed by atoms with Gasteiger partial charge in [-0.3, -0.25) is 4.79 Å². The third-order valence-corrected chi connectivity index (χ3v) is 5.87. The highest BCUT2D eigenvalue weighted by atomic mass is 32.1. The van der Waals surface area contributed by atoms with Crippen molar-refractivity contribution >= 4 is 28.2 Å². The Bertz CT molecular complexity index is 1030. The van der Waals surface area contributed by atoms with Gasteiger partial charge in [0, 0.05) is 17.4 Å². The lowest BCUT2D eigenvalue weighted by Gasteiger charge is -2.10. The van der Waals surface area contributed by atoms with E-state index in [0.717, 1.165) is 16.9 Å². The monoisotopic (exact) mass is 451 g/mol. The third-order valence-electron chi connectivity index (χ3n) is 4.97. The Morgan fingerprint density at radius 1 is 1.03 bits per heavy atom. The highest BCUT2D eigenvalue weighted by Gasteiger charge is 2.22. The zero-order valence-corrected chi connectivity index (χ0v) is 19.5. The fourth-order valence-electron chi connectivity index (χ4n) is 3.25. The zero-order chi connectivity index (χ0) is 22.9. The predicted octanol–water partition coefficient (Wildman–Crippen LogP) is 6.51. The molecule has 1 N–H and O–H groups in total. The van der Waals surface area contributed by atoms with Gasteiger partial charge in [-0.1, -0.05) is 56.3 Å². The molecule has 0 unspecified atom stereocenters. The van der Waals surface area contributed by atoms with Gasteiger partial charge in [-0.15, -0.1) is 11.3 Å². The maximum absolute atomic E-state index is 12.6. The maximum Gasteiger partial charge on any atom is 0.341 e. The number of hydrogen-bond acceptors (Lipinski definition) is 5. The van der Waals surface area contributed by atoms with Crippen molar-refractivity contribution in [2.24, 2.45) is 0 Å². The van der Waals surface area contributed by atoms with Crippen LogP contribution in [-0.2, 0) is 9.53 Å². The first-order chi connectivity index (χ1) is 15.5. The number of ether oxygens (including phenoxy) is 2. The number of nitrogens with one attached hydrogen (secondary N) is 1. The first-order valence-electron chi connectivity index (χ1n) is 10.9. The predicted molar refractivity (Wildman–Crippen MR) is 130 cm³/mol. The summed E-state index contributed by atoms with van der Waals surface area (Å²) in [6.07, 6.45) is 0.869. The van der Waals surface area contributed by atoms with Crippen LogP contribution in [0.1, 0.15) is 55.5 Å². The van der Waals surface area contributed by atoms with Crippen molar-refractivity contribution < 1.29 is 19.1 Å². The van der Waals surface area contributed by atoms with E-state index in [0.29, 0.717) is 35.9 Å². The Morgan fingerprint density at radius 2 is 1.75 bits per heavy atom. The number of thiophene rings is 1. The minimum Gasteiger partial charge on any atom is -0.494 e. The average molecular weight is 452 g/mol. The molecule has 1 amide bonds. The number of benzene rings is 2. The average Bonchev–Trinajstić information content (AvgIpc) is 3.21. The molecule has 1 heterocycles. The zero-order valence-electron chi connectivity index (χ0n) is 18.7. The molecule has 0 bridgehead atoms. The fraction of sp³-hybridized carbons (Fsp3) is 0.308. The van der Waals surface area contributed by atoms with Crippen LogP contribution in [0.4, 0.5) is 5.00 Å². The van der Waals surface area contributed by atoms with Gasteiger partial charge in [-0.05, 0) is 42.5 Å². The third kappa shape index (κ3) is 6.20. The van der Waals surface area contributed by atoms with Gasteiger partial charge in [0.2, 0.25) is 5.91 Å². The second-order valence-electron chi connectivity index (χ2n) is 7.66. The molecule has 168 valence electrons. The van der Waals surface area contributed by atoms with Crippen LogP contribution in [0.5, 0.6) is 5.75 Å². The lowest BCUT2D eigenvalue weighted by molar-refractivity contribution is -0.116. The second kappa shape index (κ2) is 11.5. The molecule has 3 rings (SSSR count). The summed E-state index contributed by atoms with van der Waals surface area (Å²) < 4.78 is 11.0. The molecular formula is C26H29NO4S. The van der Waals surface area contributed by atoms with Gasteiger partial charge in [-0.25, -0.2) is 4.79 Å². The van der Waals surface area contributed by atoms with Crippen molar-refractivity contribution in [3.05, 3.63) is 71.1 Å². The van der Waals surface area contributed by atoms with Crippen LogP contribution in [0, 0.1) is 0 Å². The molecular weight excluding hydrogens is 422 g/mol. The molecule has 0 aliphatic heterocycles. The largest absolute Gasteiger partial charge is 0.494 e. The standard InChI is InChI=1S/C26H29NO4S/c1-4-30-26(29)24-22(20-9-6-5-7-10-20)17-32-25(24)27-23(28)11-8-16-31-21-14-12-19(13-15-21)18(2)3/h5-7,9-10,12-15,17-18H,4,8,11,16H2,1-3H3,(H,27,28). The van der Waals surface area contributed by atoms with Crippen LogP contribution in [0.25, 0.3) is 11.1 Å². The summed E-state index contributed by atoms with van der Waals surface area (Å²) in [7, 11) is 0. The molecule has 6 heteroatoms. The summed E-state index contributed by atoms with van der Waals surface area (Å²) in [4.78, 5) is 25.1. The normalized spacial score (nSPS) is 10.8. The van der Waals surface area contributed by atoms with Crippen LogP contribution >= 0.6 is 11.3 Å². The lowest BCUT2D eigenvalue weighted by Crippen LogP contribution is -2.15. The Kier molecular flexibility index (Phi) is 8.45.